The normalized spacial score (nSPS) is 22.6. The van der Waals surface area contributed by atoms with E-state index in [0.29, 0.717) is 5.69 Å². The predicted octanol–water partition coefficient (Wildman–Crippen LogP) is 1.31. The minimum Gasteiger partial charge on any atom is -0.463 e. The van der Waals surface area contributed by atoms with Gasteiger partial charge in [0.15, 0.2) is 24.1 Å². The van der Waals surface area contributed by atoms with E-state index >= 15 is 0 Å². The Kier molecular flexibility index (Phi) is 7.60. The lowest BCUT2D eigenvalue weighted by molar-refractivity contribution is -0.166. The van der Waals surface area contributed by atoms with Crippen LogP contribution < -0.4 is 0 Å². The second kappa shape index (κ2) is 9.77. The summed E-state index contributed by atoms with van der Waals surface area (Å²) in [6.07, 6.45) is -2.68. The fraction of sp³-hybridized carbons (Fsp3) is 0.550. The number of aromatic nitrogens is 2. The summed E-state index contributed by atoms with van der Waals surface area (Å²) in [5, 5.41) is 9.45. The first-order chi connectivity index (χ1) is 14.4. The Morgan fingerprint density at radius 2 is 1.74 bits per heavy atom. The van der Waals surface area contributed by atoms with Crippen LogP contribution in [0, 0.1) is 22.8 Å². The highest BCUT2D eigenvalue weighted by Gasteiger charge is 2.51. The van der Waals surface area contributed by atoms with Crippen LogP contribution >= 0.6 is 0 Å². The second-order valence-corrected chi connectivity index (χ2v) is 12.7. The third-order valence-electron chi connectivity index (χ3n) is 4.07. The van der Waals surface area contributed by atoms with Gasteiger partial charge in [-0.2, -0.15) is 5.26 Å². The SMILES string of the molecule is CC(=O)OC[C@@H]1O[C@H](n2cnc(C#N)c2C#C[Si](C)(C)C)[C@H](OC(C)=O)[C@@H]1OC(C)=O. The molecule has 11 heteroatoms. The number of hydrogen-bond donors (Lipinski definition) is 0. The van der Waals surface area contributed by atoms with E-state index in [1.807, 2.05) is 25.7 Å². The van der Waals surface area contributed by atoms with Crippen molar-refractivity contribution in [3.8, 4) is 17.5 Å². The van der Waals surface area contributed by atoms with Gasteiger partial charge in [-0.3, -0.25) is 19.0 Å². The highest BCUT2D eigenvalue weighted by Crippen LogP contribution is 2.35. The number of nitriles is 1. The standard InChI is InChI=1S/C20H25N3O7Si/c1-12(24)27-10-17-18(28-13(2)25)19(29-14(3)26)20(30-17)23-11-22-15(9-21)16(23)7-8-31(4,5)6/h11,17-20H,10H2,1-6H3/t17-,18+,19+,20-/m0/s1. The number of hydrogen-bond acceptors (Lipinski definition) is 9. The van der Waals surface area contributed by atoms with Crippen LogP contribution in [0.4, 0.5) is 0 Å². The summed E-state index contributed by atoms with van der Waals surface area (Å²) < 4.78 is 23.3. The van der Waals surface area contributed by atoms with Crippen LogP contribution in [0.1, 0.15) is 38.4 Å². The number of imidazole rings is 1. The molecule has 10 nitrogen and oxygen atoms in total. The maximum absolute atomic E-state index is 11.8. The summed E-state index contributed by atoms with van der Waals surface area (Å²) in [6.45, 7) is 9.57. The molecule has 1 aromatic rings. The zero-order chi connectivity index (χ0) is 23.3. The molecule has 0 aliphatic carbocycles. The second-order valence-electron chi connectivity index (χ2n) is 7.98. The van der Waals surface area contributed by atoms with Crippen molar-refractivity contribution >= 4 is 26.0 Å². The Hall–Kier alpha value is -3.15. The molecule has 166 valence electrons. The lowest BCUT2D eigenvalue weighted by Crippen LogP contribution is -2.40. The Morgan fingerprint density at radius 1 is 1.13 bits per heavy atom. The van der Waals surface area contributed by atoms with Crippen molar-refractivity contribution in [1.82, 2.24) is 9.55 Å². The highest BCUT2D eigenvalue weighted by molar-refractivity contribution is 6.83. The number of rotatable bonds is 5. The first kappa shape index (κ1) is 24.1. The quantitative estimate of drug-likeness (QED) is 0.284. The van der Waals surface area contributed by atoms with Gasteiger partial charge in [0.25, 0.3) is 0 Å². The molecule has 31 heavy (non-hydrogen) atoms. The molecule has 0 bridgehead atoms. The number of esters is 3. The van der Waals surface area contributed by atoms with Crippen LogP contribution in [-0.4, -0.2) is 60.5 Å². The van der Waals surface area contributed by atoms with Crippen LogP contribution in [0.5, 0.6) is 0 Å². The summed E-state index contributed by atoms with van der Waals surface area (Å²) in [7, 11) is -1.79. The summed E-state index contributed by atoms with van der Waals surface area (Å²) in [4.78, 5) is 38.8. The summed E-state index contributed by atoms with van der Waals surface area (Å²) in [5.41, 5.74) is 3.55. The van der Waals surface area contributed by atoms with Crippen molar-refractivity contribution in [3.05, 3.63) is 17.7 Å². The van der Waals surface area contributed by atoms with Crippen LogP contribution in [0.15, 0.2) is 6.33 Å². The number of carbonyl (C=O) groups is 3. The Morgan fingerprint density at radius 3 is 2.26 bits per heavy atom. The van der Waals surface area contributed by atoms with Crippen molar-refractivity contribution in [2.75, 3.05) is 6.61 Å². The first-order valence-corrected chi connectivity index (χ1v) is 13.1. The van der Waals surface area contributed by atoms with Crippen LogP contribution in [0.3, 0.4) is 0 Å². The highest BCUT2D eigenvalue weighted by atomic mass is 28.3. The van der Waals surface area contributed by atoms with Crippen LogP contribution in [0.25, 0.3) is 0 Å². The van der Waals surface area contributed by atoms with Crippen molar-refractivity contribution in [1.29, 1.82) is 5.26 Å². The molecule has 1 fully saturated rings. The molecule has 1 aromatic heterocycles. The third kappa shape index (κ3) is 6.41. The van der Waals surface area contributed by atoms with Gasteiger partial charge in [-0.05, 0) is 0 Å². The van der Waals surface area contributed by atoms with E-state index in [9.17, 15) is 19.6 Å². The molecule has 0 saturated carbocycles. The molecule has 0 radical (unpaired) electrons. The summed E-state index contributed by atoms with van der Waals surface area (Å²) in [5.74, 6) is 1.20. The van der Waals surface area contributed by atoms with Crippen molar-refractivity contribution in [3.63, 3.8) is 0 Å². The molecule has 0 unspecified atom stereocenters. The monoisotopic (exact) mass is 447 g/mol. The number of carbonyl (C=O) groups excluding carboxylic acids is 3. The average Bonchev–Trinajstić information content (AvgIpc) is 3.18. The molecule has 0 amide bonds. The molecular formula is C20H25N3O7Si. The topological polar surface area (TPSA) is 130 Å². The van der Waals surface area contributed by atoms with Crippen LogP contribution in [0.2, 0.25) is 19.6 Å². The Balaban J connectivity index is 2.54. The Labute approximate surface area is 181 Å². The molecule has 0 spiro atoms. The molecule has 0 N–H and O–H groups in total. The minimum absolute atomic E-state index is 0.0865. The number of ether oxygens (including phenoxy) is 4. The fourth-order valence-corrected chi connectivity index (χ4v) is 3.42. The number of nitrogens with zero attached hydrogens (tertiary/aromatic N) is 3. The maximum Gasteiger partial charge on any atom is 0.303 e. The minimum atomic E-state index is -1.79. The van der Waals surface area contributed by atoms with Gasteiger partial charge in [-0.25, -0.2) is 4.98 Å². The lowest BCUT2D eigenvalue weighted by Gasteiger charge is -2.24. The van der Waals surface area contributed by atoms with Gasteiger partial charge in [-0.15, -0.1) is 5.54 Å². The average molecular weight is 448 g/mol. The van der Waals surface area contributed by atoms with E-state index in [4.69, 9.17) is 18.9 Å². The third-order valence-corrected chi connectivity index (χ3v) is 4.95. The summed E-state index contributed by atoms with van der Waals surface area (Å²) >= 11 is 0. The van der Waals surface area contributed by atoms with E-state index in [1.54, 1.807) is 0 Å². The van der Waals surface area contributed by atoms with Crippen LogP contribution in [-0.2, 0) is 33.3 Å². The molecule has 2 rings (SSSR count). The van der Waals surface area contributed by atoms with Gasteiger partial charge in [0.2, 0.25) is 0 Å². The molecule has 2 heterocycles. The lowest BCUT2D eigenvalue weighted by atomic mass is 10.1. The van der Waals surface area contributed by atoms with Gasteiger partial charge in [0.1, 0.15) is 32.5 Å². The Bertz CT molecular complexity index is 964. The zero-order valence-electron chi connectivity index (χ0n) is 18.3. The van der Waals surface area contributed by atoms with E-state index in [-0.39, 0.29) is 12.3 Å². The molecule has 1 saturated heterocycles. The molecular weight excluding hydrogens is 422 g/mol. The van der Waals surface area contributed by atoms with Crippen molar-refractivity contribution in [2.24, 2.45) is 0 Å². The van der Waals surface area contributed by atoms with Crippen molar-refractivity contribution in [2.45, 2.75) is 65.0 Å². The van der Waals surface area contributed by atoms with Gasteiger partial charge in [0.05, 0.1) is 6.33 Å². The van der Waals surface area contributed by atoms with Gasteiger partial charge < -0.3 is 18.9 Å². The van der Waals surface area contributed by atoms with Gasteiger partial charge >= 0.3 is 17.9 Å². The molecule has 4 atom stereocenters. The van der Waals surface area contributed by atoms with E-state index in [0.717, 1.165) is 0 Å². The molecule has 1 aliphatic heterocycles. The predicted molar refractivity (Wildman–Crippen MR) is 109 cm³/mol. The fourth-order valence-electron chi connectivity index (χ4n) is 2.92. The van der Waals surface area contributed by atoms with Crippen molar-refractivity contribution < 1.29 is 33.3 Å². The smallest absolute Gasteiger partial charge is 0.303 e. The zero-order valence-corrected chi connectivity index (χ0v) is 19.3. The maximum atomic E-state index is 11.8. The van der Waals surface area contributed by atoms with Gasteiger partial charge in [0, 0.05) is 20.8 Å². The van der Waals surface area contributed by atoms with E-state index in [2.05, 4.69) is 16.4 Å². The largest absolute Gasteiger partial charge is 0.463 e. The summed E-state index contributed by atoms with van der Waals surface area (Å²) in [6, 6.07) is 1.99. The molecule has 1 aliphatic rings. The van der Waals surface area contributed by atoms with Gasteiger partial charge in [-0.1, -0.05) is 25.6 Å². The molecule has 0 aromatic carbocycles. The first-order valence-electron chi connectivity index (χ1n) is 9.56. The van der Waals surface area contributed by atoms with E-state index in [1.165, 1.54) is 31.7 Å². The van der Waals surface area contributed by atoms with E-state index < -0.39 is 50.5 Å².